The quantitative estimate of drug-likeness (QED) is 0.800. The minimum absolute atomic E-state index is 0.00297. The lowest BCUT2D eigenvalue weighted by atomic mass is 10.2. The molecule has 0 fully saturated rings. The molecule has 1 heterocycles. The molecule has 0 spiro atoms. The van der Waals surface area contributed by atoms with Gasteiger partial charge in [0.05, 0.1) is 10.5 Å². The molecule has 8 nitrogen and oxygen atoms in total. The molecule has 9 heteroatoms. The lowest BCUT2D eigenvalue weighted by molar-refractivity contribution is 0.0696. The molecular weight excluding hydrogens is 298 g/mol. The van der Waals surface area contributed by atoms with E-state index in [4.69, 9.17) is 9.63 Å². The van der Waals surface area contributed by atoms with Crippen molar-refractivity contribution in [2.24, 2.45) is 0 Å². The van der Waals surface area contributed by atoms with Gasteiger partial charge in [-0.3, -0.25) is 0 Å². The molecule has 0 radical (unpaired) electrons. The Morgan fingerprint density at radius 2 is 2.00 bits per heavy atom. The predicted octanol–water partition coefficient (Wildman–Crippen LogP) is 0.597. The van der Waals surface area contributed by atoms with Crippen molar-refractivity contribution in [2.75, 3.05) is 6.54 Å². The van der Waals surface area contributed by atoms with E-state index in [2.05, 4.69) is 14.9 Å². The van der Waals surface area contributed by atoms with Crippen LogP contribution in [0.3, 0.4) is 0 Å². The summed E-state index contributed by atoms with van der Waals surface area (Å²) in [5, 5.41) is 12.4. The summed E-state index contributed by atoms with van der Waals surface area (Å²) in [5.74, 6) is -0.284. The van der Waals surface area contributed by atoms with E-state index < -0.39 is 16.0 Å². The lowest BCUT2D eigenvalue weighted by Gasteiger charge is -2.05. The molecule has 0 saturated heterocycles. The van der Waals surface area contributed by atoms with E-state index in [9.17, 15) is 13.2 Å². The van der Waals surface area contributed by atoms with E-state index in [-0.39, 0.29) is 17.0 Å². The zero-order valence-corrected chi connectivity index (χ0v) is 11.9. The maximum Gasteiger partial charge on any atom is 0.335 e. The fourth-order valence-electron chi connectivity index (χ4n) is 1.60. The van der Waals surface area contributed by atoms with Crippen LogP contribution in [-0.2, 0) is 16.4 Å². The van der Waals surface area contributed by atoms with Gasteiger partial charge < -0.3 is 9.63 Å². The summed E-state index contributed by atoms with van der Waals surface area (Å²) in [7, 11) is -3.70. The van der Waals surface area contributed by atoms with Gasteiger partial charge in [0.15, 0.2) is 5.82 Å². The third kappa shape index (κ3) is 3.86. The molecule has 0 amide bonds. The van der Waals surface area contributed by atoms with Crippen LogP contribution in [0.4, 0.5) is 0 Å². The monoisotopic (exact) mass is 311 g/mol. The second-order valence-corrected chi connectivity index (χ2v) is 5.97. The number of aromatic nitrogens is 2. The number of carboxylic acid groups (broad SMARTS) is 1. The van der Waals surface area contributed by atoms with Crippen molar-refractivity contribution in [1.82, 2.24) is 14.9 Å². The smallest absolute Gasteiger partial charge is 0.335 e. The number of carboxylic acids is 1. The van der Waals surface area contributed by atoms with E-state index in [0.29, 0.717) is 18.1 Å². The Morgan fingerprint density at radius 3 is 2.52 bits per heavy atom. The van der Waals surface area contributed by atoms with Gasteiger partial charge in [-0.05, 0) is 24.3 Å². The van der Waals surface area contributed by atoms with Gasteiger partial charge in [-0.15, -0.1) is 0 Å². The van der Waals surface area contributed by atoms with Gasteiger partial charge in [-0.2, -0.15) is 4.98 Å². The summed E-state index contributed by atoms with van der Waals surface area (Å²) in [4.78, 5) is 14.7. The second kappa shape index (κ2) is 6.02. The standard InChI is InChI=1S/C12H13N3O5S/c1-8-14-11(15-20-8)6-7-13-21(18,19)10-4-2-9(3-5-10)12(16)17/h2-5,13H,6-7H2,1H3,(H,16,17). The molecule has 0 atom stereocenters. The van der Waals surface area contributed by atoms with Gasteiger partial charge >= 0.3 is 5.97 Å². The van der Waals surface area contributed by atoms with E-state index in [0.717, 1.165) is 0 Å². The van der Waals surface area contributed by atoms with E-state index >= 15 is 0 Å². The first-order valence-electron chi connectivity index (χ1n) is 6.01. The zero-order chi connectivity index (χ0) is 15.5. The van der Waals surface area contributed by atoms with E-state index in [1.807, 2.05) is 0 Å². The molecular formula is C12H13N3O5S. The molecule has 0 aliphatic heterocycles. The third-order valence-corrected chi connectivity index (χ3v) is 4.10. The summed E-state index contributed by atoms with van der Waals surface area (Å²) in [5.41, 5.74) is 0.0243. The van der Waals surface area contributed by atoms with Crippen LogP contribution < -0.4 is 4.72 Å². The average Bonchev–Trinajstić information content (AvgIpc) is 2.84. The first kappa shape index (κ1) is 15.1. The number of nitrogens with zero attached hydrogens (tertiary/aromatic N) is 2. The Hall–Kier alpha value is -2.26. The highest BCUT2D eigenvalue weighted by Gasteiger charge is 2.14. The second-order valence-electron chi connectivity index (χ2n) is 4.21. The lowest BCUT2D eigenvalue weighted by Crippen LogP contribution is -2.26. The minimum Gasteiger partial charge on any atom is -0.478 e. The largest absolute Gasteiger partial charge is 0.478 e. The maximum absolute atomic E-state index is 12.0. The highest BCUT2D eigenvalue weighted by atomic mass is 32.2. The molecule has 0 aliphatic rings. The predicted molar refractivity (Wildman–Crippen MR) is 71.3 cm³/mol. The van der Waals surface area contributed by atoms with Gasteiger partial charge in [-0.25, -0.2) is 17.9 Å². The summed E-state index contributed by atoms with van der Waals surface area (Å²) >= 11 is 0. The minimum atomic E-state index is -3.70. The van der Waals surface area contributed by atoms with Gasteiger partial charge in [0, 0.05) is 19.9 Å². The number of sulfonamides is 1. The van der Waals surface area contributed by atoms with Gasteiger partial charge in [0.2, 0.25) is 15.9 Å². The van der Waals surface area contributed by atoms with Crippen LogP contribution >= 0.6 is 0 Å². The SMILES string of the molecule is Cc1nc(CCNS(=O)(=O)c2ccc(C(=O)O)cc2)no1. The molecule has 21 heavy (non-hydrogen) atoms. The van der Waals surface area contributed by atoms with Crippen LogP contribution in [-0.4, -0.2) is 36.2 Å². The Bertz CT molecular complexity index is 737. The van der Waals surface area contributed by atoms with Crippen LogP contribution in [0.25, 0.3) is 0 Å². The average molecular weight is 311 g/mol. The van der Waals surface area contributed by atoms with E-state index in [1.165, 1.54) is 24.3 Å². The van der Waals surface area contributed by atoms with Crippen LogP contribution in [0.2, 0.25) is 0 Å². The number of rotatable bonds is 6. The number of hydrogen-bond acceptors (Lipinski definition) is 6. The number of aromatic carboxylic acids is 1. The van der Waals surface area contributed by atoms with Crippen LogP contribution in [0.1, 0.15) is 22.1 Å². The highest BCUT2D eigenvalue weighted by molar-refractivity contribution is 7.89. The molecule has 0 bridgehead atoms. The fourth-order valence-corrected chi connectivity index (χ4v) is 2.63. The first-order chi connectivity index (χ1) is 9.88. The maximum atomic E-state index is 12.0. The molecule has 1 aromatic heterocycles. The summed E-state index contributed by atoms with van der Waals surface area (Å²) in [6.45, 7) is 1.76. The van der Waals surface area contributed by atoms with Crippen molar-refractivity contribution < 1.29 is 22.8 Å². The van der Waals surface area contributed by atoms with Gasteiger partial charge in [0.25, 0.3) is 0 Å². The third-order valence-electron chi connectivity index (χ3n) is 2.62. The Labute approximate surface area is 120 Å². The summed E-state index contributed by atoms with van der Waals surface area (Å²) < 4.78 is 31.1. The molecule has 2 rings (SSSR count). The first-order valence-corrected chi connectivity index (χ1v) is 7.49. The van der Waals surface area contributed by atoms with Crippen molar-refractivity contribution in [3.8, 4) is 0 Å². The molecule has 0 aliphatic carbocycles. The van der Waals surface area contributed by atoms with Crippen LogP contribution in [0.15, 0.2) is 33.7 Å². The summed E-state index contributed by atoms with van der Waals surface area (Å²) in [6.07, 6.45) is 0.295. The number of hydrogen-bond donors (Lipinski definition) is 2. The normalized spacial score (nSPS) is 11.5. The molecule has 2 N–H and O–H groups in total. The van der Waals surface area contributed by atoms with Crippen molar-refractivity contribution in [2.45, 2.75) is 18.2 Å². The number of benzene rings is 1. The molecule has 0 saturated carbocycles. The molecule has 0 unspecified atom stereocenters. The van der Waals surface area contributed by atoms with Crippen molar-refractivity contribution in [3.05, 3.63) is 41.5 Å². The highest BCUT2D eigenvalue weighted by Crippen LogP contribution is 2.10. The molecule has 2 aromatic rings. The molecule has 112 valence electrons. The zero-order valence-electron chi connectivity index (χ0n) is 11.1. The van der Waals surface area contributed by atoms with Crippen molar-refractivity contribution in [3.63, 3.8) is 0 Å². The molecule has 1 aromatic carbocycles. The van der Waals surface area contributed by atoms with Gasteiger partial charge in [-0.1, -0.05) is 5.16 Å². The van der Waals surface area contributed by atoms with Crippen molar-refractivity contribution >= 4 is 16.0 Å². The Kier molecular flexibility index (Phi) is 4.34. The summed E-state index contributed by atoms with van der Waals surface area (Å²) in [6, 6.07) is 4.95. The number of nitrogens with one attached hydrogen (secondary N) is 1. The van der Waals surface area contributed by atoms with E-state index in [1.54, 1.807) is 6.92 Å². The van der Waals surface area contributed by atoms with Crippen LogP contribution in [0.5, 0.6) is 0 Å². The van der Waals surface area contributed by atoms with Crippen molar-refractivity contribution in [1.29, 1.82) is 0 Å². The number of aryl methyl sites for hydroxylation is 1. The Balaban J connectivity index is 1.99. The Morgan fingerprint density at radius 1 is 1.33 bits per heavy atom. The fraction of sp³-hybridized carbons (Fsp3) is 0.250. The van der Waals surface area contributed by atoms with Gasteiger partial charge in [0.1, 0.15) is 0 Å². The van der Waals surface area contributed by atoms with Crippen LogP contribution in [0, 0.1) is 6.92 Å². The topological polar surface area (TPSA) is 122 Å². The number of carbonyl (C=O) groups is 1.